The van der Waals surface area contributed by atoms with Crippen molar-refractivity contribution in [3.63, 3.8) is 0 Å². The first kappa shape index (κ1) is 11.7. The van der Waals surface area contributed by atoms with Gasteiger partial charge in [-0.3, -0.25) is 0 Å². The number of rotatable bonds is 3. The summed E-state index contributed by atoms with van der Waals surface area (Å²) in [4.78, 5) is 4.55. The molecule has 0 unspecified atom stereocenters. The third-order valence-corrected chi connectivity index (χ3v) is 3.27. The lowest BCUT2D eigenvalue weighted by Crippen LogP contribution is -1.95. The van der Waals surface area contributed by atoms with Crippen LogP contribution in [0.15, 0.2) is 67.0 Å². The van der Waals surface area contributed by atoms with Crippen molar-refractivity contribution < 1.29 is 0 Å². The minimum Gasteiger partial charge on any atom is -0.334 e. The zero-order valence-electron chi connectivity index (χ0n) is 11.0. The predicted molar refractivity (Wildman–Crippen MR) is 77.9 cm³/mol. The molecule has 2 heteroatoms. The molecule has 0 fully saturated rings. The predicted octanol–water partition coefficient (Wildman–Crippen LogP) is 3.68. The van der Waals surface area contributed by atoms with E-state index in [1.807, 2.05) is 25.5 Å². The Bertz CT molecular complexity index is 654. The summed E-state index contributed by atoms with van der Waals surface area (Å²) in [6.07, 6.45) is 2.76. The van der Waals surface area contributed by atoms with Crippen molar-refractivity contribution >= 4 is 0 Å². The average molecular weight is 248 g/mol. The first-order chi connectivity index (χ1) is 9.34. The fourth-order valence-corrected chi connectivity index (χ4v) is 2.36. The fraction of sp³-hybridized carbons (Fsp3) is 0.118. The lowest BCUT2D eigenvalue weighted by atomic mass is 10.0. The molecule has 0 aliphatic heterocycles. The van der Waals surface area contributed by atoms with Gasteiger partial charge in [-0.1, -0.05) is 60.7 Å². The molecule has 0 aliphatic rings. The second kappa shape index (κ2) is 5.11. The topological polar surface area (TPSA) is 17.8 Å². The molecule has 0 amide bonds. The Morgan fingerprint density at radius 3 is 2.21 bits per heavy atom. The highest BCUT2D eigenvalue weighted by Gasteiger charge is 2.11. The Morgan fingerprint density at radius 1 is 0.895 bits per heavy atom. The minimum atomic E-state index is 0.867. The van der Waals surface area contributed by atoms with Crippen LogP contribution in [0, 0.1) is 0 Å². The zero-order chi connectivity index (χ0) is 13.1. The van der Waals surface area contributed by atoms with Gasteiger partial charge >= 0.3 is 0 Å². The highest BCUT2D eigenvalue weighted by molar-refractivity contribution is 5.62. The molecule has 3 rings (SSSR count). The van der Waals surface area contributed by atoms with E-state index in [1.165, 1.54) is 16.8 Å². The highest BCUT2D eigenvalue weighted by Crippen LogP contribution is 2.24. The second-order valence-corrected chi connectivity index (χ2v) is 4.68. The molecule has 1 aromatic heterocycles. The summed E-state index contributed by atoms with van der Waals surface area (Å²) in [7, 11) is 2.05. The summed E-state index contributed by atoms with van der Waals surface area (Å²) >= 11 is 0. The smallest absolute Gasteiger partial charge is 0.0951 e. The molecule has 0 saturated carbocycles. The van der Waals surface area contributed by atoms with Crippen LogP contribution in [0.3, 0.4) is 0 Å². The van der Waals surface area contributed by atoms with E-state index in [4.69, 9.17) is 0 Å². The molecule has 0 spiro atoms. The van der Waals surface area contributed by atoms with Crippen molar-refractivity contribution in [3.8, 4) is 11.3 Å². The summed E-state index contributed by atoms with van der Waals surface area (Å²) in [6.45, 7) is 0. The monoisotopic (exact) mass is 248 g/mol. The third-order valence-electron chi connectivity index (χ3n) is 3.27. The maximum Gasteiger partial charge on any atom is 0.0951 e. The van der Waals surface area contributed by atoms with Crippen molar-refractivity contribution in [2.45, 2.75) is 6.42 Å². The number of nitrogens with zero attached hydrogens (tertiary/aromatic N) is 2. The number of hydrogen-bond acceptors (Lipinski definition) is 1. The molecule has 19 heavy (non-hydrogen) atoms. The Morgan fingerprint density at radius 2 is 1.53 bits per heavy atom. The van der Waals surface area contributed by atoms with E-state index in [-0.39, 0.29) is 0 Å². The molecule has 0 radical (unpaired) electrons. The normalized spacial score (nSPS) is 10.6. The number of aryl methyl sites for hydroxylation is 1. The van der Waals surface area contributed by atoms with Crippen molar-refractivity contribution in [2.75, 3.05) is 0 Å². The van der Waals surface area contributed by atoms with E-state index in [1.54, 1.807) is 0 Å². The first-order valence-electron chi connectivity index (χ1n) is 6.44. The molecule has 0 saturated heterocycles. The van der Waals surface area contributed by atoms with Crippen LogP contribution in [0.5, 0.6) is 0 Å². The van der Waals surface area contributed by atoms with Gasteiger partial charge in [0.1, 0.15) is 0 Å². The van der Waals surface area contributed by atoms with Gasteiger partial charge in [0.15, 0.2) is 0 Å². The van der Waals surface area contributed by atoms with Gasteiger partial charge in [0.05, 0.1) is 17.7 Å². The number of benzene rings is 2. The molecule has 1 heterocycles. The molecular formula is C17H16N2. The van der Waals surface area contributed by atoms with Gasteiger partial charge in [-0.2, -0.15) is 0 Å². The van der Waals surface area contributed by atoms with Crippen molar-refractivity contribution in [1.29, 1.82) is 0 Å². The van der Waals surface area contributed by atoms with Crippen LogP contribution in [0.1, 0.15) is 11.3 Å². The average Bonchev–Trinajstić information content (AvgIpc) is 2.82. The van der Waals surface area contributed by atoms with Crippen molar-refractivity contribution in [2.24, 2.45) is 7.05 Å². The van der Waals surface area contributed by atoms with E-state index >= 15 is 0 Å². The van der Waals surface area contributed by atoms with Gasteiger partial charge in [-0.25, -0.2) is 4.98 Å². The fourth-order valence-electron chi connectivity index (χ4n) is 2.36. The lowest BCUT2D eigenvalue weighted by molar-refractivity contribution is 0.921. The largest absolute Gasteiger partial charge is 0.334 e. The molecule has 2 nitrogen and oxygen atoms in total. The number of imidazole rings is 1. The lowest BCUT2D eigenvalue weighted by Gasteiger charge is -2.06. The van der Waals surface area contributed by atoms with E-state index in [0.717, 1.165) is 12.1 Å². The molecule has 0 bridgehead atoms. The maximum absolute atomic E-state index is 4.55. The summed E-state index contributed by atoms with van der Waals surface area (Å²) < 4.78 is 2.09. The Hall–Kier alpha value is -2.35. The van der Waals surface area contributed by atoms with E-state index in [0.29, 0.717) is 0 Å². The number of hydrogen-bond donors (Lipinski definition) is 0. The molecule has 0 atom stereocenters. The van der Waals surface area contributed by atoms with Crippen LogP contribution >= 0.6 is 0 Å². The van der Waals surface area contributed by atoms with Gasteiger partial charge in [0, 0.05) is 19.0 Å². The van der Waals surface area contributed by atoms with Crippen LogP contribution in [-0.2, 0) is 13.5 Å². The molecule has 94 valence electrons. The summed E-state index contributed by atoms with van der Waals surface area (Å²) in [6, 6.07) is 20.9. The quantitative estimate of drug-likeness (QED) is 0.691. The maximum atomic E-state index is 4.55. The summed E-state index contributed by atoms with van der Waals surface area (Å²) in [5.74, 6) is 0. The Kier molecular flexibility index (Phi) is 3.15. The van der Waals surface area contributed by atoms with Crippen molar-refractivity contribution in [3.05, 3.63) is 78.2 Å². The van der Waals surface area contributed by atoms with Gasteiger partial charge in [0.25, 0.3) is 0 Å². The molecule has 3 aromatic rings. The van der Waals surface area contributed by atoms with E-state index in [9.17, 15) is 0 Å². The van der Waals surface area contributed by atoms with Crippen LogP contribution in [-0.4, -0.2) is 9.55 Å². The van der Waals surface area contributed by atoms with Crippen LogP contribution in [0.2, 0.25) is 0 Å². The van der Waals surface area contributed by atoms with Crippen LogP contribution in [0.25, 0.3) is 11.3 Å². The third kappa shape index (κ3) is 2.43. The highest BCUT2D eigenvalue weighted by atomic mass is 15.0. The Labute approximate surface area is 113 Å². The molecular weight excluding hydrogens is 232 g/mol. The van der Waals surface area contributed by atoms with Crippen LogP contribution in [0.4, 0.5) is 0 Å². The summed E-state index contributed by atoms with van der Waals surface area (Å²) in [5.41, 5.74) is 4.83. The van der Waals surface area contributed by atoms with E-state index in [2.05, 4.69) is 58.1 Å². The first-order valence-corrected chi connectivity index (χ1v) is 6.44. The molecule has 2 aromatic carbocycles. The van der Waals surface area contributed by atoms with Gasteiger partial charge in [-0.15, -0.1) is 0 Å². The van der Waals surface area contributed by atoms with Crippen LogP contribution < -0.4 is 0 Å². The standard InChI is InChI=1S/C17H16N2/c1-19-13-18-16(12-14-8-4-2-5-9-14)17(19)15-10-6-3-7-11-15/h2-11,13H,12H2,1H3. The molecule has 0 N–H and O–H groups in total. The van der Waals surface area contributed by atoms with Gasteiger partial charge in [0.2, 0.25) is 0 Å². The van der Waals surface area contributed by atoms with E-state index < -0.39 is 0 Å². The minimum absolute atomic E-state index is 0.867. The number of aromatic nitrogens is 2. The SMILES string of the molecule is Cn1cnc(Cc2ccccc2)c1-c1ccccc1. The second-order valence-electron chi connectivity index (χ2n) is 4.68. The van der Waals surface area contributed by atoms with Gasteiger partial charge in [-0.05, 0) is 5.56 Å². The van der Waals surface area contributed by atoms with Crippen molar-refractivity contribution in [1.82, 2.24) is 9.55 Å². The summed E-state index contributed by atoms with van der Waals surface area (Å²) in [5, 5.41) is 0. The Balaban J connectivity index is 2.00. The van der Waals surface area contributed by atoms with Gasteiger partial charge < -0.3 is 4.57 Å². The molecule has 0 aliphatic carbocycles. The zero-order valence-corrected chi connectivity index (χ0v) is 11.0.